The Balaban J connectivity index is 1.71. The highest BCUT2D eigenvalue weighted by Gasteiger charge is 2.21. The summed E-state index contributed by atoms with van der Waals surface area (Å²) in [6, 6.07) is 8.69. The van der Waals surface area contributed by atoms with Gasteiger partial charge in [0.05, 0.1) is 0 Å². The molecule has 1 aliphatic carbocycles. The lowest BCUT2D eigenvalue weighted by atomic mass is 9.77. The van der Waals surface area contributed by atoms with Gasteiger partial charge in [-0.25, -0.2) is 0 Å². The Morgan fingerprint density at radius 1 is 0.955 bits per heavy atom. The van der Waals surface area contributed by atoms with Crippen LogP contribution in [0.3, 0.4) is 0 Å². The first-order valence-corrected chi connectivity index (χ1v) is 9.43. The molecule has 2 rings (SSSR count). The van der Waals surface area contributed by atoms with Gasteiger partial charge >= 0.3 is 0 Å². The third-order valence-electron chi connectivity index (χ3n) is 5.14. The lowest BCUT2D eigenvalue weighted by Crippen LogP contribution is -2.13. The molecule has 0 nitrogen and oxygen atoms in total. The van der Waals surface area contributed by atoms with Gasteiger partial charge in [0.25, 0.3) is 0 Å². The number of hydrogen-bond donors (Lipinski definition) is 0. The summed E-state index contributed by atoms with van der Waals surface area (Å²) in [6.07, 6.45) is 14.1. The normalized spacial score (nSPS) is 21.2. The number of halogens is 1. The highest BCUT2D eigenvalue weighted by Crippen LogP contribution is 2.37. The smallest absolute Gasteiger partial charge is 0.0258 e. The van der Waals surface area contributed by atoms with E-state index in [0.29, 0.717) is 0 Å². The molecule has 22 heavy (non-hydrogen) atoms. The Morgan fingerprint density at radius 2 is 1.64 bits per heavy atom. The Kier molecular flexibility index (Phi) is 7.89. The molecule has 1 aromatic rings. The summed E-state index contributed by atoms with van der Waals surface area (Å²) in [6.45, 7) is 2.29. The second-order valence-corrected chi connectivity index (χ2v) is 6.95. The van der Waals surface area contributed by atoms with Crippen molar-refractivity contribution in [3.63, 3.8) is 0 Å². The Hall–Kier alpha value is -0.930. The van der Waals surface area contributed by atoms with E-state index in [1.165, 1.54) is 69.8 Å². The summed E-state index contributed by atoms with van der Waals surface area (Å²) < 4.78 is 0. The number of benzene rings is 1. The molecule has 0 unspecified atom stereocenters. The van der Waals surface area contributed by atoms with E-state index in [4.69, 9.17) is 11.6 Å². The highest BCUT2D eigenvalue weighted by atomic mass is 35.5. The van der Waals surface area contributed by atoms with Gasteiger partial charge in [-0.05, 0) is 72.7 Å². The second-order valence-electron chi connectivity index (χ2n) is 6.76. The van der Waals surface area contributed by atoms with Crippen LogP contribution in [0.25, 0.3) is 0 Å². The molecule has 0 aromatic heterocycles. The first-order valence-electron chi connectivity index (χ1n) is 9.05. The van der Waals surface area contributed by atoms with Gasteiger partial charge in [0.15, 0.2) is 0 Å². The van der Waals surface area contributed by atoms with Crippen molar-refractivity contribution in [2.24, 2.45) is 5.92 Å². The maximum absolute atomic E-state index is 5.45. The topological polar surface area (TPSA) is 0 Å². The molecular weight excluding hydrogens is 288 g/mol. The van der Waals surface area contributed by atoms with E-state index in [1.807, 2.05) is 0 Å². The molecule has 0 bridgehead atoms. The van der Waals surface area contributed by atoms with Crippen molar-refractivity contribution in [1.29, 1.82) is 0 Å². The van der Waals surface area contributed by atoms with Crippen molar-refractivity contribution in [2.45, 2.75) is 77.0 Å². The molecular formula is C21H29Cl. The van der Waals surface area contributed by atoms with Crippen LogP contribution in [0.2, 0.25) is 0 Å². The maximum Gasteiger partial charge on any atom is 0.0258 e. The van der Waals surface area contributed by atoms with Crippen molar-refractivity contribution in [3.05, 3.63) is 35.4 Å². The molecule has 0 spiro atoms. The standard InChI is InChI=1S/C21H29Cl/c1-2-3-4-5-6-7-18-8-12-20(13-9-18)21-14-10-19(11-15-21)16-17-22/h10-11,14-15,18,20H,2-9,12-13H2,1H3/t18-,20-. The molecule has 1 saturated carbocycles. The van der Waals surface area contributed by atoms with E-state index in [0.717, 1.165) is 17.4 Å². The minimum atomic E-state index is 0.759. The van der Waals surface area contributed by atoms with E-state index in [2.05, 4.69) is 42.5 Å². The van der Waals surface area contributed by atoms with Crippen LogP contribution >= 0.6 is 11.6 Å². The van der Waals surface area contributed by atoms with Gasteiger partial charge in [0, 0.05) is 10.9 Å². The molecule has 0 heterocycles. The molecule has 1 heteroatoms. The SMILES string of the molecule is CCCCCCC[C@H]1CC[C@H](c2ccc(C#CCl)cc2)CC1. The summed E-state index contributed by atoms with van der Waals surface area (Å²) in [7, 11) is 0. The van der Waals surface area contributed by atoms with Crippen molar-refractivity contribution in [3.8, 4) is 11.3 Å². The zero-order valence-electron chi connectivity index (χ0n) is 13.9. The van der Waals surface area contributed by atoms with E-state index >= 15 is 0 Å². The second kappa shape index (κ2) is 9.96. The van der Waals surface area contributed by atoms with Crippen molar-refractivity contribution in [2.75, 3.05) is 0 Å². The average molecular weight is 317 g/mol. The lowest BCUT2D eigenvalue weighted by Gasteiger charge is -2.29. The van der Waals surface area contributed by atoms with Crippen LogP contribution in [0.5, 0.6) is 0 Å². The first-order chi connectivity index (χ1) is 10.8. The zero-order chi connectivity index (χ0) is 15.6. The molecule has 0 amide bonds. The van der Waals surface area contributed by atoms with Crippen LogP contribution in [0.4, 0.5) is 0 Å². The summed E-state index contributed by atoms with van der Waals surface area (Å²) in [5, 5.41) is 2.44. The van der Waals surface area contributed by atoms with Gasteiger partial charge in [-0.1, -0.05) is 57.6 Å². The average Bonchev–Trinajstić information content (AvgIpc) is 2.56. The Morgan fingerprint density at radius 3 is 2.27 bits per heavy atom. The third kappa shape index (κ3) is 5.69. The van der Waals surface area contributed by atoms with E-state index in [-0.39, 0.29) is 0 Å². The van der Waals surface area contributed by atoms with Crippen molar-refractivity contribution >= 4 is 11.6 Å². The van der Waals surface area contributed by atoms with Gasteiger partial charge in [0.2, 0.25) is 0 Å². The Labute approximate surface area is 141 Å². The summed E-state index contributed by atoms with van der Waals surface area (Å²) >= 11 is 5.45. The van der Waals surface area contributed by atoms with Crippen LogP contribution in [0, 0.1) is 17.2 Å². The van der Waals surface area contributed by atoms with Gasteiger partial charge in [-0.15, -0.1) is 0 Å². The van der Waals surface area contributed by atoms with E-state index in [9.17, 15) is 0 Å². The minimum absolute atomic E-state index is 0.759. The molecule has 0 N–H and O–H groups in total. The molecule has 1 aromatic carbocycles. The molecule has 0 atom stereocenters. The number of hydrogen-bond acceptors (Lipinski definition) is 0. The van der Waals surface area contributed by atoms with Gasteiger partial charge in [0.1, 0.15) is 0 Å². The van der Waals surface area contributed by atoms with Crippen molar-refractivity contribution < 1.29 is 0 Å². The molecule has 120 valence electrons. The summed E-state index contributed by atoms with van der Waals surface area (Å²) in [4.78, 5) is 0. The van der Waals surface area contributed by atoms with Crippen LogP contribution in [0.1, 0.15) is 88.2 Å². The number of rotatable bonds is 7. The monoisotopic (exact) mass is 316 g/mol. The van der Waals surface area contributed by atoms with Crippen LogP contribution in [0.15, 0.2) is 24.3 Å². The number of unbranched alkanes of at least 4 members (excludes halogenated alkanes) is 4. The summed E-state index contributed by atoms with van der Waals surface area (Å²) in [5.74, 6) is 4.64. The minimum Gasteiger partial charge on any atom is -0.0654 e. The highest BCUT2D eigenvalue weighted by molar-refractivity contribution is 6.30. The zero-order valence-corrected chi connectivity index (χ0v) is 14.7. The molecule has 0 saturated heterocycles. The third-order valence-corrected chi connectivity index (χ3v) is 5.23. The first kappa shape index (κ1) is 17.4. The largest absolute Gasteiger partial charge is 0.0654 e. The fourth-order valence-corrected chi connectivity index (χ4v) is 3.82. The van der Waals surface area contributed by atoms with Crippen LogP contribution in [-0.2, 0) is 0 Å². The Bertz CT molecular complexity index is 469. The predicted molar refractivity (Wildman–Crippen MR) is 97.2 cm³/mol. The molecule has 1 aliphatic rings. The molecule has 1 fully saturated rings. The van der Waals surface area contributed by atoms with Gasteiger partial charge < -0.3 is 0 Å². The quantitative estimate of drug-likeness (QED) is 0.380. The summed E-state index contributed by atoms with van der Waals surface area (Å²) in [5.41, 5.74) is 2.50. The predicted octanol–water partition coefficient (Wildman–Crippen LogP) is 6.87. The van der Waals surface area contributed by atoms with Crippen LogP contribution < -0.4 is 0 Å². The molecule has 0 radical (unpaired) electrons. The van der Waals surface area contributed by atoms with Gasteiger partial charge in [-0.2, -0.15) is 0 Å². The van der Waals surface area contributed by atoms with E-state index < -0.39 is 0 Å². The fourth-order valence-electron chi connectivity index (χ4n) is 3.71. The molecule has 0 aliphatic heterocycles. The van der Waals surface area contributed by atoms with Crippen LogP contribution in [-0.4, -0.2) is 0 Å². The lowest BCUT2D eigenvalue weighted by molar-refractivity contribution is 0.302. The van der Waals surface area contributed by atoms with E-state index in [1.54, 1.807) is 0 Å². The van der Waals surface area contributed by atoms with Gasteiger partial charge in [-0.3, -0.25) is 0 Å². The fraction of sp³-hybridized carbons (Fsp3) is 0.619. The van der Waals surface area contributed by atoms with Crippen molar-refractivity contribution in [1.82, 2.24) is 0 Å². The maximum atomic E-state index is 5.45.